The Hall–Kier alpha value is -18.8. The summed E-state index contributed by atoms with van der Waals surface area (Å²) < 4.78 is 112. The molecular weight excluding hydrogens is 1840 g/mol. The van der Waals surface area contributed by atoms with Crippen LogP contribution < -0.4 is 0 Å². The summed E-state index contributed by atoms with van der Waals surface area (Å²) in [4.78, 5) is 32.1. The minimum absolute atomic E-state index is 0.0890. The van der Waals surface area contributed by atoms with Gasteiger partial charge in [-0.2, -0.15) is 26.3 Å². The van der Waals surface area contributed by atoms with Crippen molar-refractivity contribution in [3.05, 3.63) is 482 Å². The predicted molar refractivity (Wildman–Crippen MR) is 590 cm³/mol. The van der Waals surface area contributed by atoms with Crippen LogP contribution in [0.5, 0.6) is 0 Å². The van der Waals surface area contributed by atoms with Gasteiger partial charge >= 0.3 is 12.4 Å². The van der Waals surface area contributed by atoms with Crippen LogP contribution in [0.3, 0.4) is 0 Å². The molecule has 0 aliphatic heterocycles. The lowest BCUT2D eigenvalue weighted by Gasteiger charge is -2.24. The van der Waals surface area contributed by atoms with Crippen LogP contribution in [0, 0.1) is 27.7 Å². The molecule has 26 rings (SSSR count). The van der Waals surface area contributed by atoms with Crippen LogP contribution in [0.4, 0.5) is 26.3 Å². The smallest absolute Gasteiger partial charge is 0.309 e. The summed E-state index contributed by atoms with van der Waals surface area (Å²) in [7, 11) is 0. The number of fused-ring (bicyclic) bond motifs is 12. The van der Waals surface area contributed by atoms with Crippen molar-refractivity contribution in [2.24, 2.45) is 0 Å². The van der Waals surface area contributed by atoms with Crippen LogP contribution in [-0.4, -0.2) is 48.2 Å². The number of benzene rings is 20. The first-order valence-electron chi connectivity index (χ1n) is 49.2. The molecule has 0 bridgehead atoms. The van der Waals surface area contributed by atoms with Gasteiger partial charge in [-0.3, -0.25) is 0 Å². The lowest BCUT2D eigenvalue weighted by atomic mass is 9.90. The maximum Gasteiger partial charge on any atom is 0.417 e. The Morgan fingerprint density at radius 2 is 0.426 bits per heavy atom. The third-order valence-electron chi connectivity index (χ3n) is 28.9. The van der Waals surface area contributed by atoms with Crippen LogP contribution in [0.1, 0.15) is 33.4 Å². The number of alkyl halides is 6. The van der Waals surface area contributed by atoms with E-state index < -0.39 is 23.5 Å². The Bertz CT molecular complexity index is 9840. The van der Waals surface area contributed by atoms with E-state index in [4.69, 9.17) is 29.9 Å². The van der Waals surface area contributed by atoms with Crippen molar-refractivity contribution < 1.29 is 26.3 Å². The van der Waals surface area contributed by atoms with Crippen molar-refractivity contribution in [2.75, 3.05) is 0 Å². The van der Waals surface area contributed by atoms with Crippen molar-refractivity contribution in [2.45, 2.75) is 40.0 Å². The van der Waals surface area contributed by atoms with Gasteiger partial charge in [0.15, 0.2) is 34.9 Å². The minimum Gasteiger partial charge on any atom is -0.309 e. The van der Waals surface area contributed by atoms with Crippen molar-refractivity contribution in [1.29, 1.82) is 0 Å². The number of hydrogen-bond acceptors (Lipinski definition) is 6. The quantitative estimate of drug-likeness (QED) is 0.0843. The van der Waals surface area contributed by atoms with Gasteiger partial charge in [0.25, 0.3) is 0 Å². The zero-order chi connectivity index (χ0) is 99.9. The number of para-hydroxylation sites is 4. The third kappa shape index (κ3) is 15.4. The van der Waals surface area contributed by atoms with E-state index in [-0.39, 0.29) is 56.9 Å². The molecule has 6 aromatic heterocycles. The Labute approximate surface area is 847 Å². The first-order valence-corrected chi connectivity index (χ1v) is 49.2. The monoisotopic (exact) mass is 1920 g/mol. The van der Waals surface area contributed by atoms with Crippen LogP contribution in [0.2, 0.25) is 0 Å². The average Bonchev–Trinajstić information content (AvgIpc) is 1.51. The molecule has 0 N–H and O–H groups in total. The normalized spacial score (nSPS) is 12.0. The Morgan fingerprint density at radius 3 is 0.804 bits per heavy atom. The van der Waals surface area contributed by atoms with Gasteiger partial charge in [-0.1, -0.05) is 333 Å². The molecule has 0 aliphatic rings. The predicted octanol–water partition coefficient (Wildman–Crippen LogP) is 35.4. The van der Waals surface area contributed by atoms with E-state index >= 15 is 26.3 Å². The SMILES string of the molecule is Cc1cccc(-c2ccc3c(c2)c2ccccc2n3-c2cccc(-c3nc(-c4ccccc4)nc(-c4ccccc4)n3)c2-c2c(-n3c4ccccc4c4cc(-c5cc(C)cc(-c6cccc(-c7nc(-c8ccccc8)nc(-c8cccc(-n9c%10ccccc%10c%10cc(-c%11ccccc%11C)ccc%109)c8-c8c(-n9c%10ccccc%10c%10cc(-c%11ccccc%11C)ccc%109)cccc8C(F)(F)F)n7)c6)c5)ccc43)cccc2C(F)(F)F)c1. The maximum atomic E-state index is 17.4. The summed E-state index contributed by atoms with van der Waals surface area (Å²) in [5.74, 6) is 1.51. The molecule has 0 aliphatic carbocycles. The van der Waals surface area contributed by atoms with Crippen molar-refractivity contribution in [1.82, 2.24) is 48.2 Å². The second-order valence-electron chi connectivity index (χ2n) is 38.0. The number of aromatic nitrogens is 10. The molecule has 0 amide bonds. The topological polar surface area (TPSA) is 97.1 Å². The molecule has 0 fully saturated rings. The maximum absolute atomic E-state index is 17.4. The van der Waals surface area contributed by atoms with E-state index in [1.54, 1.807) is 12.1 Å². The van der Waals surface area contributed by atoms with Crippen molar-refractivity contribution in [3.63, 3.8) is 0 Å². The van der Waals surface area contributed by atoms with Crippen molar-refractivity contribution >= 4 is 87.2 Å². The van der Waals surface area contributed by atoms with Gasteiger partial charge in [0, 0.05) is 98.7 Å². The molecule has 706 valence electrons. The molecule has 148 heavy (non-hydrogen) atoms. The van der Waals surface area contributed by atoms with Gasteiger partial charge in [-0.25, -0.2) is 29.9 Å². The van der Waals surface area contributed by atoms with E-state index in [1.165, 1.54) is 24.3 Å². The Kier molecular flexibility index (Phi) is 21.5. The van der Waals surface area contributed by atoms with Crippen LogP contribution in [0.15, 0.2) is 449 Å². The van der Waals surface area contributed by atoms with Crippen LogP contribution >= 0.6 is 0 Å². The molecule has 0 saturated heterocycles. The van der Waals surface area contributed by atoms with E-state index in [0.29, 0.717) is 78.5 Å². The lowest BCUT2D eigenvalue weighted by molar-refractivity contribution is -0.137. The minimum atomic E-state index is -4.94. The van der Waals surface area contributed by atoms with Gasteiger partial charge in [0.05, 0.1) is 78.0 Å². The Morgan fingerprint density at radius 1 is 0.169 bits per heavy atom. The fourth-order valence-electron chi connectivity index (χ4n) is 22.3. The number of halogens is 6. The molecular formula is C132H86F6N10. The first-order chi connectivity index (χ1) is 72.3. The number of nitrogens with zero attached hydrogens (tertiary/aromatic N) is 10. The first kappa shape index (κ1) is 89.3. The summed E-state index contributed by atoms with van der Waals surface area (Å²) in [5.41, 5.74) is 22.7. The molecule has 0 spiro atoms. The van der Waals surface area contributed by atoms with Gasteiger partial charge < -0.3 is 18.3 Å². The van der Waals surface area contributed by atoms with Crippen molar-refractivity contribution in [3.8, 4) is 169 Å². The van der Waals surface area contributed by atoms with Gasteiger partial charge in [-0.05, 0) is 221 Å². The highest BCUT2D eigenvalue weighted by atomic mass is 19.4. The molecule has 20 aromatic carbocycles. The molecule has 16 heteroatoms. The fourth-order valence-corrected chi connectivity index (χ4v) is 22.3. The Balaban J connectivity index is 0.648. The fraction of sp³-hybridized carbons (Fsp3) is 0.0455. The summed E-state index contributed by atoms with van der Waals surface area (Å²) in [6.45, 7) is 8.29. The summed E-state index contributed by atoms with van der Waals surface area (Å²) >= 11 is 0. The summed E-state index contributed by atoms with van der Waals surface area (Å²) in [5, 5.41) is 6.93. The highest BCUT2D eigenvalue weighted by molar-refractivity contribution is 6.17. The highest BCUT2D eigenvalue weighted by Gasteiger charge is 2.41. The standard InChI is InChI=1S/C132H86F6N10/c1-79-32-26-41-86(70-79)88-62-66-113-103(75-88)97-46-18-22-54-109(97)145(113)117-58-28-50-101(129-141-125(83-35-8-5-9-36-83)139-126(142-129)84-37-10-6-11-38-84)121(117)123-107(131(133,134)135)52-30-60-119(123)147-111-56-24-19-47-98(111)104-76-89(63-67-114(104)147)94-72-80(2)71-93(74-94)87-42-27-43-92(73-87)128-140-127(85-39-12-7-13-40-85)143-130(144-128)102-51-29-59-118(146-110-55-23-20-48-99(110)105-77-90(64-68-115(105)146)95-44-16-14-33-81(95)3)122(102)124-108(132(136,137)138)53-31-61-120(124)148-112-57-25-21-49-100(112)106-78-91(65-69-116(106)148)96-45-17-15-34-82(96)4/h5-78H,1-4H3. The largest absolute Gasteiger partial charge is 0.417 e. The third-order valence-corrected chi connectivity index (χ3v) is 28.9. The highest BCUT2D eigenvalue weighted by Crippen LogP contribution is 2.54. The number of hydrogen-bond donors (Lipinski definition) is 0. The number of aryl methyl sites for hydroxylation is 4. The van der Waals surface area contributed by atoms with Gasteiger partial charge in [0.1, 0.15) is 0 Å². The van der Waals surface area contributed by atoms with Crippen LogP contribution in [0.25, 0.3) is 256 Å². The van der Waals surface area contributed by atoms with E-state index in [9.17, 15) is 0 Å². The summed E-state index contributed by atoms with van der Waals surface area (Å²) in [6.07, 6.45) is -9.88. The molecule has 0 atom stereocenters. The number of rotatable bonds is 17. The molecule has 26 aromatic rings. The molecule has 10 nitrogen and oxygen atoms in total. The second kappa shape index (κ2) is 35.7. The molecule has 6 heterocycles. The average molecular weight is 1930 g/mol. The second-order valence-corrected chi connectivity index (χ2v) is 38.0. The van der Waals surface area contributed by atoms with E-state index in [0.717, 1.165) is 143 Å². The van der Waals surface area contributed by atoms with Gasteiger partial charge in [0.2, 0.25) is 0 Å². The molecule has 0 radical (unpaired) electrons. The van der Waals surface area contributed by atoms with E-state index in [2.05, 4.69) is 164 Å². The van der Waals surface area contributed by atoms with E-state index in [1.807, 2.05) is 294 Å². The zero-order valence-electron chi connectivity index (χ0n) is 80.5. The molecule has 0 unspecified atom stereocenters. The lowest BCUT2D eigenvalue weighted by Crippen LogP contribution is -2.12. The van der Waals surface area contributed by atoms with Gasteiger partial charge in [-0.15, -0.1) is 0 Å². The molecule has 0 saturated carbocycles. The zero-order valence-corrected chi connectivity index (χ0v) is 80.5. The van der Waals surface area contributed by atoms with Crippen LogP contribution in [-0.2, 0) is 12.4 Å². The summed E-state index contributed by atoms with van der Waals surface area (Å²) in [6, 6.07) is 145.